The monoisotopic (exact) mass is 392 g/mol. The van der Waals surface area contributed by atoms with E-state index in [4.69, 9.17) is 0 Å². The van der Waals surface area contributed by atoms with Gasteiger partial charge in [-0.05, 0) is 50.8 Å². The summed E-state index contributed by atoms with van der Waals surface area (Å²) in [5.74, 6) is 1.04. The maximum Gasteiger partial charge on any atom is 0.277 e. The van der Waals surface area contributed by atoms with E-state index in [0.29, 0.717) is 11.5 Å². The van der Waals surface area contributed by atoms with E-state index in [1.165, 1.54) is 37.2 Å². The first-order valence-corrected chi connectivity index (χ1v) is 11.1. The van der Waals surface area contributed by atoms with Crippen LogP contribution in [0.1, 0.15) is 49.3 Å². The van der Waals surface area contributed by atoms with E-state index in [2.05, 4.69) is 63.5 Å². The van der Waals surface area contributed by atoms with Gasteiger partial charge in [0.15, 0.2) is 0 Å². The van der Waals surface area contributed by atoms with Crippen molar-refractivity contribution in [3.05, 3.63) is 63.3 Å². The molecule has 2 aromatic rings. The lowest BCUT2D eigenvalue weighted by molar-refractivity contribution is 0.0821. The van der Waals surface area contributed by atoms with E-state index in [1.807, 2.05) is 0 Å². The van der Waals surface area contributed by atoms with Crippen LogP contribution < -0.4 is 5.56 Å². The van der Waals surface area contributed by atoms with Gasteiger partial charge >= 0.3 is 0 Å². The third-order valence-corrected chi connectivity index (χ3v) is 7.39. The molecular weight excluding hydrogens is 360 g/mol. The fourth-order valence-corrected chi connectivity index (χ4v) is 5.57. The summed E-state index contributed by atoms with van der Waals surface area (Å²) in [6.45, 7) is 10.6. The second kappa shape index (κ2) is 7.37. The molecule has 0 unspecified atom stereocenters. The quantitative estimate of drug-likeness (QED) is 0.806. The van der Waals surface area contributed by atoms with Gasteiger partial charge in [-0.15, -0.1) is 0 Å². The van der Waals surface area contributed by atoms with Crippen molar-refractivity contribution in [2.75, 3.05) is 19.6 Å². The van der Waals surface area contributed by atoms with Gasteiger partial charge in [-0.25, -0.2) is 0 Å². The van der Waals surface area contributed by atoms with E-state index in [1.54, 1.807) is 0 Å². The molecule has 0 atom stereocenters. The van der Waals surface area contributed by atoms with Gasteiger partial charge in [-0.1, -0.05) is 30.3 Å². The molecule has 5 rings (SSSR count). The molecule has 1 aromatic carbocycles. The fourth-order valence-electron chi connectivity index (χ4n) is 5.57. The number of likely N-dealkylation sites (tertiary alicyclic amines) is 1. The molecule has 0 radical (unpaired) electrons. The van der Waals surface area contributed by atoms with E-state index in [9.17, 15) is 4.79 Å². The predicted octanol–water partition coefficient (Wildman–Crippen LogP) is 2.85. The molecule has 29 heavy (non-hydrogen) atoms. The molecule has 0 amide bonds. The van der Waals surface area contributed by atoms with E-state index in [-0.39, 0.29) is 5.56 Å². The van der Waals surface area contributed by atoms with Crippen LogP contribution in [0.15, 0.2) is 35.1 Å². The minimum absolute atomic E-state index is 0.0145. The van der Waals surface area contributed by atoms with E-state index >= 15 is 0 Å². The molecule has 1 aromatic heterocycles. The van der Waals surface area contributed by atoms with Crippen LogP contribution in [0, 0.1) is 5.41 Å². The highest BCUT2D eigenvalue weighted by atomic mass is 16.1. The summed E-state index contributed by atoms with van der Waals surface area (Å²) in [5.41, 5.74) is 3.84. The van der Waals surface area contributed by atoms with Crippen molar-refractivity contribution in [2.45, 2.75) is 65.2 Å². The fraction of sp³-hybridized carbons (Fsp3) is 0.583. The number of fused-ring (bicyclic) bond motifs is 3. The lowest BCUT2D eigenvalue weighted by Gasteiger charge is -2.40. The third kappa shape index (κ3) is 3.55. The van der Waals surface area contributed by atoms with Crippen LogP contribution in [0.25, 0.3) is 0 Å². The van der Waals surface area contributed by atoms with E-state index < -0.39 is 0 Å². The molecule has 0 N–H and O–H groups in total. The molecule has 1 fully saturated rings. The number of hydrogen-bond acceptors (Lipinski definition) is 4. The second-order valence-corrected chi connectivity index (χ2v) is 9.60. The summed E-state index contributed by atoms with van der Waals surface area (Å²) in [4.78, 5) is 22.4. The summed E-state index contributed by atoms with van der Waals surface area (Å²) in [6, 6.07) is 11.2. The largest absolute Gasteiger partial charge is 0.332 e. The Morgan fingerprint density at radius 3 is 2.59 bits per heavy atom. The smallest absolute Gasteiger partial charge is 0.277 e. The van der Waals surface area contributed by atoms with Crippen LogP contribution in [0.2, 0.25) is 0 Å². The summed E-state index contributed by atoms with van der Waals surface area (Å²) < 4.78 is 2.43. The Bertz CT molecular complexity index is 941. The van der Waals surface area contributed by atoms with Gasteiger partial charge in [0.2, 0.25) is 0 Å². The van der Waals surface area contributed by atoms with Crippen LogP contribution in [0.5, 0.6) is 0 Å². The van der Waals surface area contributed by atoms with Crippen molar-refractivity contribution in [2.24, 2.45) is 5.41 Å². The Balaban J connectivity index is 1.36. The average Bonchev–Trinajstić information content (AvgIpc) is 3.07. The Kier molecular flexibility index (Phi) is 4.83. The van der Waals surface area contributed by atoms with Gasteiger partial charge in [-0.3, -0.25) is 9.69 Å². The van der Waals surface area contributed by atoms with Gasteiger partial charge in [0.1, 0.15) is 5.82 Å². The zero-order valence-electron chi connectivity index (χ0n) is 17.7. The average molecular weight is 393 g/mol. The first-order chi connectivity index (χ1) is 14.0. The maximum atomic E-state index is 12.9. The van der Waals surface area contributed by atoms with Crippen LogP contribution >= 0.6 is 0 Å². The highest BCUT2D eigenvalue weighted by molar-refractivity contribution is 5.26. The number of nitrogens with zero attached hydrogens (tertiary/aromatic N) is 4. The zero-order valence-corrected chi connectivity index (χ0v) is 17.7. The molecule has 0 bridgehead atoms. The van der Waals surface area contributed by atoms with Crippen LogP contribution in [0.3, 0.4) is 0 Å². The Morgan fingerprint density at radius 1 is 1.10 bits per heavy atom. The van der Waals surface area contributed by atoms with Gasteiger partial charge in [0.05, 0.1) is 5.56 Å². The van der Waals surface area contributed by atoms with Crippen molar-refractivity contribution in [1.82, 2.24) is 19.4 Å². The molecule has 0 saturated carbocycles. The number of rotatable bonds is 3. The summed E-state index contributed by atoms with van der Waals surface area (Å²) in [6.07, 6.45) is 4.38. The molecule has 5 heteroatoms. The molecule has 154 valence electrons. The topological polar surface area (TPSA) is 41.4 Å². The van der Waals surface area contributed by atoms with Crippen molar-refractivity contribution in [3.63, 3.8) is 0 Å². The van der Waals surface area contributed by atoms with Crippen molar-refractivity contribution >= 4 is 0 Å². The minimum atomic E-state index is 0.0145. The van der Waals surface area contributed by atoms with Gasteiger partial charge in [0.25, 0.3) is 5.56 Å². The number of benzene rings is 1. The van der Waals surface area contributed by atoms with Crippen molar-refractivity contribution < 1.29 is 0 Å². The number of piperidine rings is 1. The molecule has 0 aliphatic carbocycles. The maximum absolute atomic E-state index is 12.9. The minimum Gasteiger partial charge on any atom is -0.332 e. The van der Waals surface area contributed by atoms with E-state index in [0.717, 1.165) is 50.4 Å². The standard InChI is InChI=1S/C24H32N4O/c1-18(2)27-12-9-24(10-13-27)14-22-25-23(29)20-16-26(11-8-21(20)28(22)17-24)15-19-6-4-3-5-7-19/h3-7,18H,8-17H2,1-2H3. The van der Waals surface area contributed by atoms with Crippen LogP contribution in [0.4, 0.5) is 0 Å². The molecule has 3 aliphatic heterocycles. The van der Waals surface area contributed by atoms with Crippen molar-refractivity contribution in [1.29, 1.82) is 0 Å². The Hall–Kier alpha value is -1.98. The molecule has 3 aliphatic rings. The lowest BCUT2D eigenvalue weighted by atomic mass is 9.77. The molecule has 5 nitrogen and oxygen atoms in total. The summed E-state index contributed by atoms with van der Waals surface area (Å²) in [5, 5.41) is 0. The number of aromatic nitrogens is 2. The van der Waals surface area contributed by atoms with Gasteiger partial charge in [0, 0.05) is 50.8 Å². The molecule has 1 saturated heterocycles. The van der Waals surface area contributed by atoms with Gasteiger partial charge < -0.3 is 9.47 Å². The van der Waals surface area contributed by atoms with Crippen molar-refractivity contribution in [3.8, 4) is 0 Å². The first kappa shape index (κ1) is 19.0. The second-order valence-electron chi connectivity index (χ2n) is 9.60. The highest BCUT2D eigenvalue weighted by Gasteiger charge is 2.42. The summed E-state index contributed by atoms with van der Waals surface area (Å²) >= 11 is 0. The summed E-state index contributed by atoms with van der Waals surface area (Å²) in [7, 11) is 0. The van der Waals surface area contributed by atoms with Crippen LogP contribution in [-0.2, 0) is 32.5 Å². The predicted molar refractivity (Wildman–Crippen MR) is 115 cm³/mol. The zero-order chi connectivity index (χ0) is 20.0. The Labute approximate surface area is 173 Å². The lowest BCUT2D eigenvalue weighted by Crippen LogP contribution is -2.44. The highest BCUT2D eigenvalue weighted by Crippen LogP contribution is 2.42. The third-order valence-electron chi connectivity index (χ3n) is 7.39. The normalized spacial score (nSPS) is 21.5. The SMILES string of the molecule is CC(C)N1CCC2(CC1)Cc1nc(=O)c3c(n1C2)CCN(Cc1ccccc1)C3. The first-order valence-electron chi connectivity index (χ1n) is 11.1. The molecule has 1 spiro atoms. The number of hydrogen-bond donors (Lipinski definition) is 0. The van der Waals surface area contributed by atoms with Crippen LogP contribution in [-0.4, -0.2) is 45.0 Å². The Morgan fingerprint density at radius 2 is 1.86 bits per heavy atom. The van der Waals surface area contributed by atoms with Gasteiger partial charge in [-0.2, -0.15) is 4.98 Å². The molecular formula is C24H32N4O. The molecule has 4 heterocycles.